The van der Waals surface area contributed by atoms with Gasteiger partial charge in [-0.2, -0.15) is 4.31 Å². The van der Waals surface area contributed by atoms with Crippen molar-refractivity contribution in [3.05, 3.63) is 60.2 Å². The highest BCUT2D eigenvalue weighted by molar-refractivity contribution is 7.89. The van der Waals surface area contributed by atoms with Gasteiger partial charge < -0.3 is 38.9 Å². The van der Waals surface area contributed by atoms with Gasteiger partial charge in [0.15, 0.2) is 6.29 Å². The maximum absolute atomic E-state index is 14.0. The summed E-state index contributed by atoms with van der Waals surface area (Å²) in [5, 5.41) is 14.4. The zero-order chi connectivity index (χ0) is 32.5. The first kappa shape index (κ1) is 34.8. The van der Waals surface area contributed by atoms with Crippen molar-refractivity contribution >= 4 is 22.4 Å². The molecule has 2 aliphatic rings. The number of fused-ring (bicyclic) bond motifs is 1. The van der Waals surface area contributed by atoms with E-state index in [1.807, 2.05) is 44.2 Å². The lowest BCUT2D eigenvalue weighted by molar-refractivity contribution is -0.112. The highest BCUT2D eigenvalue weighted by Crippen LogP contribution is 2.33. The summed E-state index contributed by atoms with van der Waals surface area (Å²) in [6.07, 6.45) is -0.852. The Kier molecular flexibility index (Phi) is 12.3. The van der Waals surface area contributed by atoms with Crippen LogP contribution >= 0.6 is 0 Å². The van der Waals surface area contributed by atoms with Crippen molar-refractivity contribution in [1.82, 2.24) is 9.62 Å². The third kappa shape index (κ3) is 9.71. The number of hydrogen-bond acceptors (Lipinski definition) is 10. The average Bonchev–Trinajstić information content (AvgIpc) is 3.64. The van der Waals surface area contributed by atoms with E-state index in [0.717, 1.165) is 5.56 Å². The second kappa shape index (κ2) is 16.0. The molecule has 2 aliphatic heterocycles. The molecule has 2 saturated heterocycles. The molecule has 13 heteroatoms. The van der Waals surface area contributed by atoms with E-state index >= 15 is 0 Å². The lowest BCUT2D eigenvalue weighted by Gasteiger charge is -2.35. The molecule has 2 fully saturated rings. The van der Waals surface area contributed by atoms with Crippen molar-refractivity contribution in [3.63, 3.8) is 0 Å². The molecule has 2 N–H and O–H groups in total. The van der Waals surface area contributed by atoms with Gasteiger partial charge in [-0.3, -0.25) is 0 Å². The Labute approximate surface area is 265 Å². The van der Waals surface area contributed by atoms with E-state index < -0.39 is 46.1 Å². The van der Waals surface area contributed by atoms with E-state index in [9.17, 15) is 23.1 Å². The van der Waals surface area contributed by atoms with Gasteiger partial charge in [0, 0.05) is 19.7 Å². The number of rotatable bonds is 17. The molecule has 0 saturated carbocycles. The Morgan fingerprint density at radius 2 is 1.89 bits per heavy atom. The number of aliphatic hydroxyl groups is 1. The number of benzene rings is 2. The van der Waals surface area contributed by atoms with E-state index in [4.69, 9.17) is 23.7 Å². The van der Waals surface area contributed by atoms with Gasteiger partial charge in [0.25, 0.3) is 0 Å². The lowest BCUT2D eigenvalue weighted by Crippen LogP contribution is -2.52. The number of alkyl carbamates (subject to hydrolysis) is 1. The third-order valence-corrected chi connectivity index (χ3v) is 9.94. The van der Waals surface area contributed by atoms with Crippen LogP contribution in [0.5, 0.6) is 5.75 Å². The smallest absolute Gasteiger partial charge is 0.407 e. The topological polar surface area (TPSA) is 150 Å². The summed E-state index contributed by atoms with van der Waals surface area (Å²) in [5.41, 5.74) is 0.249. The summed E-state index contributed by atoms with van der Waals surface area (Å²) in [5.74, 6) is 0.443. The normalized spacial score (nSPS) is 21.2. The predicted octanol–water partition coefficient (Wildman–Crippen LogP) is 2.78. The molecule has 0 aromatic heterocycles. The van der Waals surface area contributed by atoms with Crippen LogP contribution in [0.15, 0.2) is 59.5 Å². The van der Waals surface area contributed by atoms with Crippen molar-refractivity contribution in [1.29, 1.82) is 0 Å². The minimum Gasteiger partial charge on any atom is -0.497 e. The fourth-order valence-corrected chi connectivity index (χ4v) is 7.18. The van der Waals surface area contributed by atoms with Gasteiger partial charge in [0.2, 0.25) is 10.0 Å². The van der Waals surface area contributed by atoms with E-state index in [1.165, 1.54) is 23.5 Å². The number of carbonyl (C=O) groups is 2. The molecule has 0 spiro atoms. The number of methoxy groups -OCH3 is 1. The van der Waals surface area contributed by atoms with Crippen molar-refractivity contribution in [2.24, 2.45) is 11.3 Å². The van der Waals surface area contributed by atoms with Gasteiger partial charge in [0.1, 0.15) is 24.7 Å². The Balaban J connectivity index is 1.55. The predicted molar refractivity (Wildman–Crippen MR) is 164 cm³/mol. The van der Waals surface area contributed by atoms with Gasteiger partial charge in [0.05, 0.1) is 43.3 Å². The Hall–Kier alpha value is -3.07. The fourth-order valence-electron chi connectivity index (χ4n) is 5.54. The van der Waals surface area contributed by atoms with Gasteiger partial charge in [-0.25, -0.2) is 13.2 Å². The Morgan fingerprint density at radius 3 is 2.58 bits per heavy atom. The molecule has 4 rings (SSSR count). The molecule has 2 heterocycles. The zero-order valence-electron chi connectivity index (χ0n) is 26.0. The summed E-state index contributed by atoms with van der Waals surface area (Å²) in [6.45, 7) is 4.46. The van der Waals surface area contributed by atoms with E-state index in [0.29, 0.717) is 31.5 Å². The van der Waals surface area contributed by atoms with Crippen LogP contribution in [0.2, 0.25) is 0 Å². The molecule has 248 valence electrons. The number of amides is 1. The Bertz CT molecular complexity index is 1340. The monoisotopic (exact) mass is 648 g/mol. The molecule has 0 unspecified atom stereocenters. The van der Waals surface area contributed by atoms with Crippen molar-refractivity contribution in [3.8, 4) is 5.75 Å². The summed E-state index contributed by atoms with van der Waals surface area (Å²) in [7, 11) is -2.61. The van der Waals surface area contributed by atoms with Crippen LogP contribution in [0.1, 0.15) is 32.3 Å². The summed E-state index contributed by atoms with van der Waals surface area (Å²) >= 11 is 0. The minimum absolute atomic E-state index is 0.0325. The largest absolute Gasteiger partial charge is 0.497 e. The van der Waals surface area contributed by atoms with Gasteiger partial charge in [-0.05, 0) is 54.5 Å². The van der Waals surface area contributed by atoms with Crippen LogP contribution in [0.25, 0.3) is 0 Å². The molecule has 2 aromatic rings. The average molecular weight is 649 g/mol. The van der Waals surface area contributed by atoms with Crippen LogP contribution in [0, 0.1) is 11.3 Å². The number of ether oxygens (including phenoxy) is 5. The maximum atomic E-state index is 14.0. The summed E-state index contributed by atoms with van der Waals surface area (Å²) < 4.78 is 56.6. The van der Waals surface area contributed by atoms with E-state index in [2.05, 4.69) is 5.32 Å². The third-order valence-electron chi connectivity index (χ3n) is 8.11. The van der Waals surface area contributed by atoms with Crippen LogP contribution in [-0.4, -0.2) is 101 Å². The van der Waals surface area contributed by atoms with Crippen LogP contribution in [0.4, 0.5) is 4.79 Å². The number of carbonyl (C=O) groups excluding carboxylic acids is 2. The first-order valence-corrected chi connectivity index (χ1v) is 16.5. The van der Waals surface area contributed by atoms with Crippen LogP contribution < -0.4 is 10.1 Å². The molecule has 1 amide bonds. The fraction of sp³-hybridized carbons (Fsp3) is 0.562. The maximum Gasteiger partial charge on any atom is 0.407 e. The van der Waals surface area contributed by atoms with Gasteiger partial charge in [-0.15, -0.1) is 0 Å². The van der Waals surface area contributed by atoms with Crippen molar-refractivity contribution < 1.29 is 46.8 Å². The standard InChI is InChI=1S/C32H44N2O10S/c1-32(2,14-17-41-18-15-35)22-34(45(38,39)25-11-9-24(40-3)10-12-25)20-28(36)27(19-23-7-5-4-6-8-23)33-31(37)44-29-21-43-30-26(29)13-16-42-30/h4-12,15,26-30,36H,13-14,16-22H2,1-3H3,(H,33,37)/t26-,27-,28+,29-,30+/m0/s1. The number of aldehydes is 1. The molecule has 2 aromatic carbocycles. The van der Waals surface area contributed by atoms with E-state index in [1.54, 1.807) is 12.1 Å². The molecular weight excluding hydrogens is 604 g/mol. The first-order chi connectivity index (χ1) is 21.5. The molecule has 0 bridgehead atoms. The number of sulfonamides is 1. The van der Waals surface area contributed by atoms with Gasteiger partial charge in [-0.1, -0.05) is 44.2 Å². The number of nitrogens with zero attached hydrogens (tertiary/aromatic N) is 1. The zero-order valence-corrected chi connectivity index (χ0v) is 26.8. The molecule has 12 nitrogen and oxygen atoms in total. The number of hydrogen-bond donors (Lipinski definition) is 2. The molecule has 0 radical (unpaired) electrons. The second-order valence-corrected chi connectivity index (χ2v) is 14.0. The first-order valence-electron chi connectivity index (χ1n) is 15.1. The highest BCUT2D eigenvalue weighted by Gasteiger charge is 2.44. The van der Waals surface area contributed by atoms with Gasteiger partial charge >= 0.3 is 6.09 Å². The SMILES string of the molecule is COc1ccc(S(=O)(=O)N(C[C@@H](O)[C@H](Cc2ccccc2)NC(=O)O[C@H]2CO[C@H]3OCC[C@H]32)CC(C)(C)CCOCC=O)cc1. The minimum atomic E-state index is -4.11. The Morgan fingerprint density at radius 1 is 1.16 bits per heavy atom. The second-order valence-electron chi connectivity index (χ2n) is 12.1. The molecular formula is C32H44N2O10S. The quantitative estimate of drug-likeness (QED) is 0.194. The summed E-state index contributed by atoms with van der Waals surface area (Å²) in [4.78, 5) is 23.8. The van der Waals surface area contributed by atoms with Crippen LogP contribution in [0.3, 0.4) is 0 Å². The van der Waals surface area contributed by atoms with Crippen molar-refractivity contribution in [2.75, 3.05) is 46.6 Å². The molecule has 45 heavy (non-hydrogen) atoms. The highest BCUT2D eigenvalue weighted by atomic mass is 32.2. The molecule has 0 aliphatic carbocycles. The van der Waals surface area contributed by atoms with Crippen molar-refractivity contribution in [2.45, 2.75) is 62.5 Å². The lowest BCUT2D eigenvalue weighted by atomic mass is 9.89. The molecule has 5 atom stereocenters. The van der Waals surface area contributed by atoms with E-state index in [-0.39, 0.29) is 50.1 Å². The summed E-state index contributed by atoms with van der Waals surface area (Å²) in [6, 6.07) is 14.4. The number of nitrogens with one attached hydrogen (secondary N) is 1. The number of aliphatic hydroxyl groups excluding tert-OH is 1. The van der Waals surface area contributed by atoms with Crippen LogP contribution in [-0.2, 0) is 40.2 Å².